The first kappa shape index (κ1) is 22.1. The van der Waals surface area contributed by atoms with Crippen molar-refractivity contribution in [1.82, 2.24) is 0 Å². The first-order valence-corrected chi connectivity index (χ1v) is 10.5. The number of hydrogen-bond donors (Lipinski definition) is 2. The van der Waals surface area contributed by atoms with Gasteiger partial charge in [0, 0.05) is 12.1 Å². The molecular weight excluding hydrogens is 448 g/mol. The maximum atomic E-state index is 12.7. The first-order valence-electron chi connectivity index (χ1n) is 8.68. The van der Waals surface area contributed by atoms with Crippen LogP contribution in [0.3, 0.4) is 0 Å². The van der Waals surface area contributed by atoms with E-state index in [1.807, 2.05) is 0 Å². The lowest BCUT2D eigenvalue weighted by Gasteiger charge is -2.11. The highest BCUT2D eigenvalue weighted by molar-refractivity contribution is 7.92. The molecule has 0 spiro atoms. The Morgan fingerprint density at radius 1 is 1.10 bits per heavy atom. The molecule has 0 unspecified atom stereocenters. The summed E-state index contributed by atoms with van der Waals surface area (Å²) in [6.45, 7) is -0.311. The van der Waals surface area contributed by atoms with Gasteiger partial charge in [0.1, 0.15) is 17.9 Å². The van der Waals surface area contributed by atoms with Crippen molar-refractivity contribution >= 4 is 39.0 Å². The lowest BCUT2D eigenvalue weighted by molar-refractivity contribution is -0.384. The number of carbonyl (C=O) groups excluding carboxylic acids is 1. The van der Waals surface area contributed by atoms with Gasteiger partial charge in [-0.15, -0.1) is 0 Å². The zero-order chi connectivity index (χ0) is 22.6. The zero-order valence-corrected chi connectivity index (χ0v) is 17.3. The summed E-state index contributed by atoms with van der Waals surface area (Å²) in [5, 5.41) is 21.0. The van der Waals surface area contributed by atoms with Crippen molar-refractivity contribution in [1.29, 1.82) is 0 Å². The number of benzene rings is 3. The number of hydrogen-bond acceptors (Lipinski definition) is 7. The lowest BCUT2D eigenvalue weighted by atomic mass is 10.2. The Balaban J connectivity index is 1.80. The van der Waals surface area contributed by atoms with Crippen molar-refractivity contribution in [3.63, 3.8) is 0 Å². The summed E-state index contributed by atoms with van der Waals surface area (Å²) in [6.07, 6.45) is 0. The van der Waals surface area contributed by atoms with Crippen LogP contribution in [0.5, 0.6) is 5.75 Å². The summed E-state index contributed by atoms with van der Waals surface area (Å²) < 4.78 is 32.7. The average molecular weight is 463 g/mol. The molecule has 160 valence electrons. The van der Waals surface area contributed by atoms with E-state index >= 15 is 0 Å². The third-order valence-corrected chi connectivity index (χ3v) is 5.80. The second-order valence-electron chi connectivity index (χ2n) is 6.27. The number of anilines is 1. The molecular formula is C20H15ClN2O7S. The summed E-state index contributed by atoms with van der Waals surface area (Å²) in [5.74, 6) is -1.49. The number of nitro benzene ring substituents is 1. The molecule has 3 aromatic carbocycles. The van der Waals surface area contributed by atoms with Crippen LogP contribution in [0.25, 0.3) is 0 Å². The fourth-order valence-electron chi connectivity index (χ4n) is 2.58. The molecule has 0 saturated heterocycles. The molecule has 0 amide bonds. The van der Waals surface area contributed by atoms with Gasteiger partial charge in [-0.3, -0.25) is 14.8 Å². The molecule has 0 aromatic heterocycles. The molecule has 2 N–H and O–H groups in total. The SMILES string of the molecule is O=C(OCc1cccc([N+](=O)[O-])c1)c1cc(S(=O)(=O)Nc2ccccc2Cl)ccc1O. The second kappa shape index (κ2) is 9.02. The van der Waals surface area contributed by atoms with Crippen LogP contribution in [0.15, 0.2) is 71.6 Å². The van der Waals surface area contributed by atoms with Gasteiger partial charge in [0.2, 0.25) is 0 Å². The van der Waals surface area contributed by atoms with Crippen molar-refractivity contribution in [2.24, 2.45) is 0 Å². The van der Waals surface area contributed by atoms with Gasteiger partial charge in [0.15, 0.2) is 0 Å². The highest BCUT2D eigenvalue weighted by atomic mass is 35.5. The molecule has 0 aliphatic carbocycles. The van der Waals surface area contributed by atoms with Gasteiger partial charge in [0.25, 0.3) is 15.7 Å². The summed E-state index contributed by atoms with van der Waals surface area (Å²) >= 11 is 5.97. The standard InChI is InChI=1S/C20H15ClN2O7S/c21-17-6-1-2-7-18(17)22-31(28,29)15-8-9-19(24)16(11-15)20(25)30-12-13-4-3-5-14(10-13)23(26)27/h1-11,22,24H,12H2. The molecule has 0 radical (unpaired) electrons. The molecule has 9 nitrogen and oxygen atoms in total. The molecule has 0 heterocycles. The van der Waals surface area contributed by atoms with Crippen LogP contribution in [0.4, 0.5) is 11.4 Å². The number of esters is 1. The minimum Gasteiger partial charge on any atom is -0.507 e. The van der Waals surface area contributed by atoms with Gasteiger partial charge >= 0.3 is 5.97 Å². The maximum absolute atomic E-state index is 12.7. The fraction of sp³-hybridized carbons (Fsp3) is 0.0500. The number of para-hydroxylation sites is 1. The summed E-state index contributed by atoms with van der Waals surface area (Å²) in [7, 11) is -4.12. The topological polar surface area (TPSA) is 136 Å². The van der Waals surface area contributed by atoms with E-state index in [2.05, 4.69) is 4.72 Å². The van der Waals surface area contributed by atoms with Gasteiger partial charge in [-0.1, -0.05) is 35.9 Å². The van der Waals surface area contributed by atoms with Crippen molar-refractivity contribution < 1.29 is 28.0 Å². The van der Waals surface area contributed by atoms with Gasteiger partial charge < -0.3 is 9.84 Å². The number of carbonyl (C=O) groups is 1. The Labute approximate surface area is 182 Å². The van der Waals surface area contributed by atoms with Crippen molar-refractivity contribution in [3.8, 4) is 5.75 Å². The molecule has 3 rings (SSSR count). The Hall–Kier alpha value is -3.63. The normalized spacial score (nSPS) is 11.0. The zero-order valence-electron chi connectivity index (χ0n) is 15.7. The van der Waals surface area contributed by atoms with E-state index in [0.29, 0.717) is 5.56 Å². The summed E-state index contributed by atoms with van der Waals surface area (Å²) in [5.41, 5.74) is -0.0548. The van der Waals surface area contributed by atoms with Crippen LogP contribution in [0.2, 0.25) is 5.02 Å². The average Bonchev–Trinajstić information content (AvgIpc) is 2.74. The van der Waals surface area contributed by atoms with E-state index < -0.39 is 26.7 Å². The molecule has 0 fully saturated rings. The van der Waals surface area contributed by atoms with E-state index in [0.717, 1.165) is 18.2 Å². The lowest BCUT2D eigenvalue weighted by Crippen LogP contribution is -2.14. The van der Waals surface area contributed by atoms with Crippen LogP contribution >= 0.6 is 11.6 Å². The minimum atomic E-state index is -4.12. The second-order valence-corrected chi connectivity index (χ2v) is 8.36. The number of nitro groups is 1. The van der Waals surface area contributed by atoms with Crippen LogP contribution < -0.4 is 4.72 Å². The Bertz CT molecular complexity index is 1260. The van der Waals surface area contributed by atoms with Crippen molar-refractivity contribution in [2.45, 2.75) is 11.5 Å². The monoisotopic (exact) mass is 462 g/mol. The molecule has 0 bridgehead atoms. The molecule has 3 aromatic rings. The minimum absolute atomic E-state index is 0.145. The number of non-ortho nitro benzene ring substituents is 1. The predicted octanol–water partition coefficient (Wildman–Crippen LogP) is 4.11. The number of ether oxygens (including phenoxy) is 1. The van der Waals surface area contributed by atoms with Crippen molar-refractivity contribution in [3.05, 3.63) is 93.0 Å². The number of sulfonamides is 1. The predicted molar refractivity (Wildman–Crippen MR) is 113 cm³/mol. The molecule has 0 atom stereocenters. The van der Waals surface area contributed by atoms with E-state index in [4.69, 9.17) is 16.3 Å². The third-order valence-electron chi connectivity index (χ3n) is 4.11. The van der Waals surface area contributed by atoms with Crippen LogP contribution in [0.1, 0.15) is 15.9 Å². The quantitative estimate of drug-likeness (QED) is 0.306. The number of rotatable bonds is 7. The molecule has 11 heteroatoms. The van der Waals surface area contributed by atoms with E-state index in [9.17, 15) is 28.4 Å². The smallest absolute Gasteiger partial charge is 0.342 e. The molecule has 31 heavy (non-hydrogen) atoms. The van der Waals surface area contributed by atoms with Gasteiger partial charge in [-0.2, -0.15) is 0 Å². The molecule has 0 aliphatic heterocycles. The number of nitrogens with zero attached hydrogens (tertiary/aromatic N) is 1. The number of phenols is 1. The summed E-state index contributed by atoms with van der Waals surface area (Å²) in [6, 6.07) is 14.8. The van der Waals surface area contributed by atoms with E-state index in [1.54, 1.807) is 12.1 Å². The third kappa shape index (κ3) is 5.30. The van der Waals surface area contributed by atoms with Gasteiger partial charge in [-0.25, -0.2) is 13.2 Å². The van der Waals surface area contributed by atoms with Crippen LogP contribution in [0, 0.1) is 10.1 Å². The number of nitrogens with one attached hydrogen (secondary N) is 1. The fourth-order valence-corrected chi connectivity index (χ4v) is 3.92. The van der Waals surface area contributed by atoms with Crippen molar-refractivity contribution in [2.75, 3.05) is 4.72 Å². The van der Waals surface area contributed by atoms with Gasteiger partial charge in [0.05, 0.1) is 20.5 Å². The van der Waals surface area contributed by atoms with Crippen LogP contribution in [-0.2, 0) is 21.4 Å². The largest absolute Gasteiger partial charge is 0.507 e. The Morgan fingerprint density at radius 2 is 1.84 bits per heavy atom. The summed E-state index contributed by atoms with van der Waals surface area (Å²) in [4.78, 5) is 22.3. The van der Waals surface area contributed by atoms with Crippen LogP contribution in [-0.4, -0.2) is 24.4 Å². The Morgan fingerprint density at radius 3 is 2.55 bits per heavy atom. The molecule has 0 saturated carbocycles. The number of aromatic hydroxyl groups is 1. The molecule has 0 aliphatic rings. The Kier molecular flexibility index (Phi) is 6.42. The first-order chi connectivity index (χ1) is 14.7. The highest BCUT2D eigenvalue weighted by Crippen LogP contribution is 2.27. The maximum Gasteiger partial charge on any atom is 0.342 e. The highest BCUT2D eigenvalue weighted by Gasteiger charge is 2.21. The number of halogens is 1. The number of phenolic OH excluding ortho intramolecular Hbond substituents is 1. The van der Waals surface area contributed by atoms with Gasteiger partial charge in [-0.05, 0) is 35.9 Å². The van der Waals surface area contributed by atoms with E-state index in [-0.39, 0.29) is 33.5 Å². The van der Waals surface area contributed by atoms with E-state index in [1.165, 1.54) is 36.4 Å².